The summed E-state index contributed by atoms with van der Waals surface area (Å²) in [4.78, 5) is 0.180. The summed E-state index contributed by atoms with van der Waals surface area (Å²) in [6.45, 7) is 4.30. The zero-order valence-corrected chi connectivity index (χ0v) is 12.7. The second-order valence-corrected chi connectivity index (χ2v) is 6.07. The standard InChI is InChI=1S/C12H15Br2FO/c1-7(2)4-9(13)8-5-10(14)11(15)6-12(8)16-3/h5-7,9H,4H2,1-3H3. The van der Waals surface area contributed by atoms with Crippen LogP contribution < -0.4 is 4.74 Å². The van der Waals surface area contributed by atoms with Crippen LogP contribution in [0.15, 0.2) is 16.6 Å². The van der Waals surface area contributed by atoms with Crippen LogP contribution >= 0.6 is 31.9 Å². The van der Waals surface area contributed by atoms with Crippen LogP contribution in [0.2, 0.25) is 0 Å². The van der Waals surface area contributed by atoms with E-state index in [1.165, 1.54) is 6.07 Å². The van der Waals surface area contributed by atoms with E-state index >= 15 is 0 Å². The third-order valence-corrected chi connectivity index (χ3v) is 3.76. The largest absolute Gasteiger partial charge is 0.496 e. The molecule has 1 nitrogen and oxygen atoms in total. The molecular formula is C12H15Br2FO. The summed E-state index contributed by atoms with van der Waals surface area (Å²) in [6.07, 6.45) is 0.981. The van der Waals surface area contributed by atoms with Gasteiger partial charge in [0.2, 0.25) is 0 Å². The predicted molar refractivity (Wildman–Crippen MR) is 71.8 cm³/mol. The maximum atomic E-state index is 13.3. The Hall–Kier alpha value is -0.0900. The average Bonchev–Trinajstić information content (AvgIpc) is 2.20. The number of hydrogen-bond donors (Lipinski definition) is 0. The Balaban J connectivity index is 3.06. The molecule has 1 unspecified atom stereocenters. The first-order chi connectivity index (χ1) is 7.45. The second-order valence-electron chi connectivity index (χ2n) is 4.11. The van der Waals surface area contributed by atoms with Crippen LogP contribution in [-0.2, 0) is 0 Å². The second kappa shape index (κ2) is 6.01. The Morgan fingerprint density at radius 3 is 2.50 bits per heavy atom. The number of methoxy groups -OCH3 is 1. The number of halogens is 3. The van der Waals surface area contributed by atoms with Crippen LogP contribution in [0.4, 0.5) is 4.39 Å². The Bertz CT molecular complexity index is 366. The first kappa shape index (κ1) is 14.0. The quantitative estimate of drug-likeness (QED) is 0.686. The van der Waals surface area contributed by atoms with Crippen molar-refractivity contribution in [2.45, 2.75) is 25.1 Å². The van der Waals surface area contributed by atoms with Crippen LogP contribution in [0.1, 0.15) is 30.7 Å². The van der Waals surface area contributed by atoms with Crippen molar-refractivity contribution < 1.29 is 9.13 Å². The van der Waals surface area contributed by atoms with E-state index in [1.807, 2.05) is 0 Å². The van der Waals surface area contributed by atoms with Crippen molar-refractivity contribution in [1.82, 2.24) is 0 Å². The van der Waals surface area contributed by atoms with Crippen LogP contribution in [0.5, 0.6) is 5.75 Å². The number of hydrogen-bond acceptors (Lipinski definition) is 1. The molecule has 90 valence electrons. The molecule has 0 fully saturated rings. The van der Waals surface area contributed by atoms with Crippen LogP contribution in [0, 0.1) is 11.7 Å². The van der Waals surface area contributed by atoms with Crippen molar-refractivity contribution >= 4 is 31.9 Å². The van der Waals surface area contributed by atoms with E-state index in [9.17, 15) is 4.39 Å². The first-order valence-corrected chi connectivity index (χ1v) is 6.83. The van der Waals surface area contributed by atoms with Gasteiger partial charge in [0.05, 0.1) is 11.6 Å². The molecule has 1 rings (SSSR count). The highest BCUT2D eigenvalue weighted by molar-refractivity contribution is 9.10. The number of rotatable bonds is 4. The maximum absolute atomic E-state index is 13.3. The summed E-state index contributed by atoms with van der Waals surface area (Å²) >= 11 is 6.81. The van der Waals surface area contributed by atoms with Gasteiger partial charge in [0, 0.05) is 16.5 Å². The molecule has 0 saturated carbocycles. The highest BCUT2D eigenvalue weighted by Gasteiger charge is 2.17. The maximum Gasteiger partial charge on any atom is 0.141 e. The van der Waals surface area contributed by atoms with Crippen LogP contribution in [-0.4, -0.2) is 7.11 Å². The van der Waals surface area contributed by atoms with E-state index in [0.29, 0.717) is 16.1 Å². The predicted octanol–water partition coefficient (Wildman–Crippen LogP) is 5.08. The van der Waals surface area contributed by atoms with E-state index in [-0.39, 0.29) is 10.6 Å². The van der Waals surface area contributed by atoms with Gasteiger partial charge in [0.15, 0.2) is 0 Å². The lowest BCUT2D eigenvalue weighted by molar-refractivity contribution is 0.403. The summed E-state index contributed by atoms with van der Waals surface area (Å²) in [5, 5.41) is 0. The average molecular weight is 354 g/mol. The van der Waals surface area contributed by atoms with E-state index in [0.717, 1.165) is 12.0 Å². The molecule has 0 aromatic heterocycles. The Labute approximate surface area is 113 Å². The van der Waals surface area contributed by atoms with Gasteiger partial charge in [0.1, 0.15) is 11.6 Å². The zero-order valence-electron chi connectivity index (χ0n) is 9.56. The Morgan fingerprint density at radius 1 is 1.38 bits per heavy atom. The highest BCUT2D eigenvalue weighted by Crippen LogP contribution is 2.38. The molecule has 0 heterocycles. The Kier molecular flexibility index (Phi) is 5.25. The Morgan fingerprint density at radius 2 is 2.00 bits per heavy atom. The van der Waals surface area contributed by atoms with Gasteiger partial charge in [-0.3, -0.25) is 0 Å². The monoisotopic (exact) mass is 352 g/mol. The van der Waals surface area contributed by atoms with E-state index < -0.39 is 0 Å². The van der Waals surface area contributed by atoms with Crippen molar-refractivity contribution in [1.29, 1.82) is 0 Å². The van der Waals surface area contributed by atoms with Gasteiger partial charge >= 0.3 is 0 Å². The van der Waals surface area contributed by atoms with E-state index in [4.69, 9.17) is 4.74 Å². The molecule has 0 aliphatic rings. The van der Waals surface area contributed by atoms with Crippen molar-refractivity contribution in [2.75, 3.05) is 7.11 Å². The van der Waals surface area contributed by atoms with Gasteiger partial charge in [-0.15, -0.1) is 0 Å². The molecule has 1 aromatic carbocycles. The van der Waals surface area contributed by atoms with Crippen molar-refractivity contribution in [3.05, 3.63) is 28.0 Å². The lowest BCUT2D eigenvalue weighted by Gasteiger charge is -2.16. The van der Waals surface area contributed by atoms with Gasteiger partial charge in [-0.2, -0.15) is 0 Å². The highest BCUT2D eigenvalue weighted by atomic mass is 79.9. The first-order valence-electron chi connectivity index (χ1n) is 5.12. The van der Waals surface area contributed by atoms with Gasteiger partial charge in [-0.05, 0) is 34.3 Å². The minimum Gasteiger partial charge on any atom is -0.496 e. The summed E-state index contributed by atoms with van der Waals surface area (Å²) < 4.78 is 19.0. The molecule has 16 heavy (non-hydrogen) atoms. The SMILES string of the molecule is COc1cc(F)c(Br)cc1C(Br)CC(C)C. The molecule has 1 atom stereocenters. The zero-order chi connectivity index (χ0) is 12.3. The van der Waals surface area contributed by atoms with Gasteiger partial charge in [-0.1, -0.05) is 29.8 Å². The fraction of sp³-hybridized carbons (Fsp3) is 0.500. The van der Waals surface area contributed by atoms with Crippen molar-refractivity contribution in [3.63, 3.8) is 0 Å². The molecular weight excluding hydrogens is 339 g/mol. The van der Waals surface area contributed by atoms with E-state index in [1.54, 1.807) is 13.2 Å². The molecule has 0 spiro atoms. The lowest BCUT2D eigenvalue weighted by Crippen LogP contribution is -2.00. The topological polar surface area (TPSA) is 9.23 Å². The normalized spacial score (nSPS) is 12.9. The minimum absolute atomic E-state index is 0.180. The lowest BCUT2D eigenvalue weighted by atomic mass is 10.0. The van der Waals surface area contributed by atoms with Crippen molar-refractivity contribution in [2.24, 2.45) is 5.92 Å². The number of benzene rings is 1. The molecule has 0 N–H and O–H groups in total. The molecule has 0 aliphatic carbocycles. The molecule has 4 heteroatoms. The molecule has 0 amide bonds. The smallest absolute Gasteiger partial charge is 0.141 e. The molecule has 1 aromatic rings. The molecule has 0 saturated heterocycles. The van der Waals surface area contributed by atoms with Crippen LogP contribution in [0.25, 0.3) is 0 Å². The number of ether oxygens (including phenoxy) is 1. The fourth-order valence-electron chi connectivity index (χ4n) is 1.51. The van der Waals surface area contributed by atoms with E-state index in [2.05, 4.69) is 45.7 Å². The summed E-state index contributed by atoms with van der Waals surface area (Å²) in [7, 11) is 1.56. The van der Waals surface area contributed by atoms with Crippen molar-refractivity contribution in [3.8, 4) is 5.75 Å². The summed E-state index contributed by atoms with van der Waals surface area (Å²) in [6, 6.07) is 3.18. The van der Waals surface area contributed by atoms with Gasteiger partial charge < -0.3 is 4.74 Å². The van der Waals surface area contributed by atoms with Gasteiger partial charge in [-0.25, -0.2) is 4.39 Å². The molecule has 0 radical (unpaired) electrons. The van der Waals surface area contributed by atoms with Gasteiger partial charge in [0.25, 0.3) is 0 Å². The molecule has 0 aliphatic heterocycles. The summed E-state index contributed by atoms with van der Waals surface area (Å²) in [5.74, 6) is 0.853. The molecule has 0 bridgehead atoms. The minimum atomic E-state index is -0.301. The number of alkyl halides is 1. The fourth-order valence-corrected chi connectivity index (χ4v) is 2.97. The summed E-state index contributed by atoms with van der Waals surface area (Å²) in [5.41, 5.74) is 0.976. The third-order valence-electron chi connectivity index (χ3n) is 2.29. The van der Waals surface area contributed by atoms with Crippen LogP contribution in [0.3, 0.4) is 0 Å². The third kappa shape index (κ3) is 3.45.